The lowest BCUT2D eigenvalue weighted by Crippen LogP contribution is -2.46. The highest BCUT2D eigenvalue weighted by Crippen LogP contribution is 2.24. The fraction of sp³-hybridized carbons (Fsp3) is 0.362. The monoisotopic (exact) mass is 803 g/mol. The van der Waals surface area contributed by atoms with E-state index < -0.39 is 31.5 Å². The molecule has 306 valence electrons. The van der Waals surface area contributed by atoms with Crippen LogP contribution >= 0.6 is 0 Å². The van der Waals surface area contributed by atoms with Crippen molar-refractivity contribution in [3.05, 3.63) is 141 Å². The molecular formula is C47H57N3O7Si. The molecule has 5 aromatic rings. The van der Waals surface area contributed by atoms with Gasteiger partial charge in [0.1, 0.15) is 29.0 Å². The molecule has 0 bridgehead atoms. The van der Waals surface area contributed by atoms with Crippen LogP contribution in [0.3, 0.4) is 0 Å². The summed E-state index contributed by atoms with van der Waals surface area (Å²) in [5.74, 6) is -1.17. The van der Waals surface area contributed by atoms with Crippen molar-refractivity contribution in [3.8, 4) is 5.75 Å². The zero-order valence-corrected chi connectivity index (χ0v) is 36.0. The van der Waals surface area contributed by atoms with Crippen molar-refractivity contribution < 1.29 is 28.6 Å². The van der Waals surface area contributed by atoms with Gasteiger partial charge >= 0.3 is 5.97 Å². The predicted octanol–water partition coefficient (Wildman–Crippen LogP) is 8.06. The first-order valence-corrected chi connectivity index (χ1v) is 23.5. The Morgan fingerprint density at radius 3 is 2.19 bits per heavy atom. The van der Waals surface area contributed by atoms with Crippen molar-refractivity contribution in [1.29, 1.82) is 0 Å². The Kier molecular flexibility index (Phi) is 14.5. The first kappa shape index (κ1) is 43.6. The molecule has 1 heterocycles. The van der Waals surface area contributed by atoms with Gasteiger partial charge in [-0.3, -0.25) is 19.2 Å². The van der Waals surface area contributed by atoms with Crippen molar-refractivity contribution >= 4 is 42.3 Å². The number of methoxy groups -OCH3 is 1. The van der Waals surface area contributed by atoms with E-state index in [0.717, 1.165) is 39.1 Å². The van der Waals surface area contributed by atoms with E-state index in [4.69, 9.17) is 14.2 Å². The number of benzene rings is 4. The Morgan fingerprint density at radius 2 is 1.52 bits per heavy atom. The molecule has 2 unspecified atom stereocenters. The molecule has 0 saturated heterocycles. The van der Waals surface area contributed by atoms with Gasteiger partial charge in [-0.05, 0) is 90.5 Å². The van der Waals surface area contributed by atoms with Gasteiger partial charge in [-0.2, -0.15) is 0 Å². The summed E-state index contributed by atoms with van der Waals surface area (Å²) in [6.07, 6.45) is 1.88. The van der Waals surface area contributed by atoms with Gasteiger partial charge in [-0.25, -0.2) is 0 Å². The number of fused-ring (bicyclic) bond motifs is 1. The molecule has 0 spiro atoms. The molecule has 4 aromatic carbocycles. The van der Waals surface area contributed by atoms with Crippen LogP contribution in [-0.2, 0) is 43.2 Å². The minimum atomic E-state index is -1.33. The Balaban J connectivity index is 1.40. The van der Waals surface area contributed by atoms with E-state index in [2.05, 4.69) is 30.3 Å². The molecular weight excluding hydrogens is 747 g/mol. The first-order chi connectivity index (χ1) is 27.5. The van der Waals surface area contributed by atoms with Crippen molar-refractivity contribution in [3.63, 3.8) is 0 Å². The summed E-state index contributed by atoms with van der Waals surface area (Å²) < 4.78 is 18.6. The maximum Gasteiger partial charge on any atom is 0.316 e. The van der Waals surface area contributed by atoms with Crippen LogP contribution in [-0.4, -0.2) is 62.4 Å². The molecule has 10 nitrogen and oxygen atoms in total. The Hall–Kier alpha value is -5.52. The molecule has 2 atom stereocenters. The number of ether oxygens (including phenoxy) is 3. The van der Waals surface area contributed by atoms with E-state index in [1.165, 1.54) is 4.57 Å². The standard InChI is InChI=1S/C47H57N3O7Si/c1-32-24-25-50(30-34-18-22-38(55-5)23-19-34)45(53)43(32)49-44(52)41(48-42(51)29-37-14-11-13-35-12-9-10-15-39(35)37)28-33-16-20-36(21-17-33)40(46(54)57-47(2,3)4)31-56-26-27-58(6,7)8/h9-25,40-41H,26-31H2,1-8H3,(H,48,51)(H,49,52). The lowest BCUT2D eigenvalue weighted by molar-refractivity contribution is -0.158. The maximum atomic E-state index is 14.2. The number of carbonyl (C=O) groups excluding carboxylic acids is 3. The average molecular weight is 804 g/mol. The number of pyridine rings is 1. The molecule has 58 heavy (non-hydrogen) atoms. The zero-order valence-electron chi connectivity index (χ0n) is 35.0. The maximum absolute atomic E-state index is 14.2. The fourth-order valence-electron chi connectivity index (χ4n) is 6.53. The molecule has 0 radical (unpaired) electrons. The van der Waals surface area contributed by atoms with Gasteiger partial charge in [-0.15, -0.1) is 0 Å². The van der Waals surface area contributed by atoms with E-state index in [9.17, 15) is 19.2 Å². The number of amides is 2. The third kappa shape index (κ3) is 12.5. The summed E-state index contributed by atoms with van der Waals surface area (Å²) in [5, 5.41) is 7.80. The van der Waals surface area contributed by atoms with E-state index in [1.54, 1.807) is 26.3 Å². The largest absolute Gasteiger partial charge is 0.497 e. The van der Waals surface area contributed by atoms with Crippen LogP contribution in [0.15, 0.2) is 108 Å². The SMILES string of the molecule is COc1ccc(Cn2ccc(C)c(NC(=O)C(Cc3ccc(C(COCC[Si](C)(C)C)C(=O)OC(C)(C)C)cc3)NC(=O)Cc3cccc4ccccc34)c2=O)cc1. The van der Waals surface area contributed by atoms with E-state index in [0.29, 0.717) is 17.9 Å². The Bertz CT molecular complexity index is 2250. The number of carbonyl (C=O) groups is 3. The quantitative estimate of drug-likeness (QED) is 0.0554. The lowest BCUT2D eigenvalue weighted by atomic mass is 9.96. The van der Waals surface area contributed by atoms with Crippen LogP contribution in [0, 0.1) is 6.92 Å². The van der Waals surface area contributed by atoms with Crippen LogP contribution < -0.4 is 20.9 Å². The van der Waals surface area contributed by atoms with Crippen LogP contribution in [0.1, 0.15) is 54.5 Å². The van der Waals surface area contributed by atoms with Crippen LogP contribution in [0.4, 0.5) is 5.69 Å². The van der Waals surface area contributed by atoms with Gasteiger partial charge in [0.05, 0.1) is 26.7 Å². The first-order valence-electron chi connectivity index (χ1n) is 19.8. The fourth-order valence-corrected chi connectivity index (χ4v) is 7.29. The Morgan fingerprint density at radius 1 is 0.845 bits per heavy atom. The van der Waals surface area contributed by atoms with Crippen molar-refractivity contribution in [1.82, 2.24) is 9.88 Å². The van der Waals surface area contributed by atoms with Crippen LogP contribution in [0.5, 0.6) is 5.75 Å². The number of aryl methyl sites for hydroxylation is 1. The van der Waals surface area contributed by atoms with Crippen molar-refractivity contribution in [2.75, 3.05) is 25.6 Å². The highest BCUT2D eigenvalue weighted by atomic mass is 28.3. The summed E-state index contributed by atoms with van der Waals surface area (Å²) in [6, 6.07) is 30.2. The van der Waals surface area contributed by atoms with Gasteiger partial charge in [-0.1, -0.05) is 98.5 Å². The van der Waals surface area contributed by atoms with E-state index in [-0.39, 0.29) is 49.1 Å². The van der Waals surface area contributed by atoms with E-state index >= 15 is 0 Å². The summed E-state index contributed by atoms with van der Waals surface area (Å²) in [5.41, 5.74) is 2.89. The normalized spacial score (nSPS) is 12.8. The Labute approximate surface area is 342 Å². The average Bonchev–Trinajstić information content (AvgIpc) is 3.17. The van der Waals surface area contributed by atoms with E-state index in [1.807, 2.05) is 112 Å². The molecule has 0 saturated carbocycles. The lowest BCUT2D eigenvalue weighted by Gasteiger charge is -2.25. The molecule has 2 N–H and O–H groups in total. The molecule has 5 rings (SSSR count). The van der Waals surface area contributed by atoms with Gasteiger partial charge in [0, 0.05) is 27.3 Å². The molecule has 11 heteroatoms. The third-order valence-electron chi connectivity index (χ3n) is 9.81. The second-order valence-corrected chi connectivity index (χ2v) is 22.6. The minimum Gasteiger partial charge on any atom is -0.497 e. The number of hydrogen-bond acceptors (Lipinski definition) is 7. The number of esters is 1. The number of anilines is 1. The molecule has 0 fully saturated rings. The molecule has 0 aliphatic carbocycles. The number of aromatic nitrogens is 1. The third-order valence-corrected chi connectivity index (χ3v) is 11.5. The van der Waals surface area contributed by atoms with Gasteiger partial charge in [0.15, 0.2) is 0 Å². The molecule has 2 amide bonds. The predicted molar refractivity (Wildman–Crippen MR) is 233 cm³/mol. The highest BCUT2D eigenvalue weighted by molar-refractivity contribution is 6.76. The molecule has 1 aromatic heterocycles. The second kappa shape index (κ2) is 19.3. The topological polar surface area (TPSA) is 125 Å². The second-order valence-electron chi connectivity index (χ2n) is 17.0. The molecule has 0 aliphatic heterocycles. The number of hydrogen-bond donors (Lipinski definition) is 2. The zero-order chi connectivity index (χ0) is 42.0. The van der Waals surface area contributed by atoms with Gasteiger partial charge < -0.3 is 29.4 Å². The molecule has 0 aliphatic rings. The van der Waals surface area contributed by atoms with Crippen LogP contribution in [0.25, 0.3) is 10.8 Å². The number of nitrogens with one attached hydrogen (secondary N) is 2. The van der Waals surface area contributed by atoms with Gasteiger partial charge in [0.25, 0.3) is 5.56 Å². The summed E-state index contributed by atoms with van der Waals surface area (Å²) in [7, 11) is 0.263. The van der Waals surface area contributed by atoms with Crippen molar-refractivity contribution in [2.24, 2.45) is 0 Å². The van der Waals surface area contributed by atoms with Gasteiger partial charge in [0.2, 0.25) is 11.8 Å². The van der Waals surface area contributed by atoms with Crippen LogP contribution in [0.2, 0.25) is 25.7 Å². The summed E-state index contributed by atoms with van der Waals surface area (Å²) >= 11 is 0. The number of rotatable bonds is 17. The number of nitrogens with zero attached hydrogens (tertiary/aromatic N) is 1. The smallest absolute Gasteiger partial charge is 0.316 e. The minimum absolute atomic E-state index is 0.0539. The summed E-state index contributed by atoms with van der Waals surface area (Å²) in [4.78, 5) is 55.2. The summed E-state index contributed by atoms with van der Waals surface area (Å²) in [6.45, 7) is 15.1. The van der Waals surface area contributed by atoms with Crippen molar-refractivity contribution in [2.45, 2.75) is 90.3 Å². The highest BCUT2D eigenvalue weighted by Gasteiger charge is 2.28.